The molecular weight excluding hydrogens is 238 g/mol. The molecule has 1 aromatic carbocycles. The number of fused-ring (bicyclic) bond motifs is 1. The summed E-state index contributed by atoms with van der Waals surface area (Å²) in [5, 5.41) is 0. The summed E-state index contributed by atoms with van der Waals surface area (Å²) < 4.78 is 0. The largest absolute Gasteiger partial charge is 0.302 e. The molecule has 1 aromatic heterocycles. The second-order valence-electron chi connectivity index (χ2n) is 4.76. The summed E-state index contributed by atoms with van der Waals surface area (Å²) in [7, 11) is 0. The van der Waals surface area contributed by atoms with E-state index in [-0.39, 0.29) is 0 Å². The lowest BCUT2D eigenvalue weighted by molar-refractivity contribution is -0.109. The van der Waals surface area contributed by atoms with Crippen LogP contribution in [0.4, 0.5) is 0 Å². The molecule has 1 aliphatic rings. The molecule has 3 rings (SSSR count). The molecule has 0 saturated carbocycles. The topological polar surface area (TPSA) is 46.1 Å². The van der Waals surface area contributed by atoms with Crippen LogP contribution in [0, 0.1) is 0 Å². The van der Waals surface area contributed by atoms with E-state index >= 15 is 0 Å². The zero-order valence-electron chi connectivity index (χ0n) is 10.6. The molecule has 2 heterocycles. The van der Waals surface area contributed by atoms with Crippen LogP contribution in [0.3, 0.4) is 0 Å². The van der Waals surface area contributed by atoms with Crippen molar-refractivity contribution in [2.24, 2.45) is 0 Å². The van der Waals surface area contributed by atoms with Gasteiger partial charge in [-0.15, -0.1) is 0 Å². The molecule has 0 unspecified atom stereocenters. The van der Waals surface area contributed by atoms with Gasteiger partial charge in [-0.1, -0.05) is 18.2 Å². The van der Waals surface area contributed by atoms with Gasteiger partial charge >= 0.3 is 0 Å². The van der Waals surface area contributed by atoms with E-state index in [1.807, 2.05) is 12.4 Å². The second kappa shape index (κ2) is 5.28. The third-order valence-corrected chi connectivity index (χ3v) is 3.52. The van der Waals surface area contributed by atoms with Crippen molar-refractivity contribution in [2.45, 2.75) is 13.0 Å². The fourth-order valence-electron chi connectivity index (χ4n) is 2.50. The predicted octanol–water partition coefficient (Wildman–Crippen LogP) is 1.70. The molecule has 0 saturated heterocycles. The van der Waals surface area contributed by atoms with Crippen molar-refractivity contribution in [2.75, 3.05) is 13.1 Å². The number of carbonyl (C=O) groups excluding carboxylic acids is 1. The number of hydrogen-bond acceptors (Lipinski definition) is 4. The Balaban J connectivity index is 1.88. The lowest BCUT2D eigenvalue weighted by Crippen LogP contribution is -2.31. The number of aromatic nitrogens is 2. The molecule has 2 aromatic rings. The van der Waals surface area contributed by atoms with Crippen LogP contribution < -0.4 is 0 Å². The first-order valence-corrected chi connectivity index (χ1v) is 6.40. The van der Waals surface area contributed by atoms with Crippen LogP contribution >= 0.6 is 0 Å². The van der Waals surface area contributed by atoms with Crippen LogP contribution in [-0.4, -0.2) is 34.2 Å². The molecule has 0 bridgehead atoms. The average Bonchev–Trinajstić information content (AvgIpc) is 2.48. The highest BCUT2D eigenvalue weighted by molar-refractivity contribution is 5.63. The zero-order chi connectivity index (χ0) is 13.1. The van der Waals surface area contributed by atoms with E-state index < -0.39 is 0 Å². The summed E-state index contributed by atoms with van der Waals surface area (Å²) in [5.41, 5.74) is 4.88. The minimum atomic E-state index is 0.522. The van der Waals surface area contributed by atoms with Gasteiger partial charge in [0.2, 0.25) is 0 Å². The van der Waals surface area contributed by atoms with E-state index in [2.05, 4.69) is 33.1 Å². The lowest BCUT2D eigenvalue weighted by Gasteiger charge is -2.27. The first-order valence-electron chi connectivity index (χ1n) is 6.40. The van der Waals surface area contributed by atoms with Gasteiger partial charge in [-0.25, -0.2) is 9.97 Å². The van der Waals surface area contributed by atoms with Crippen molar-refractivity contribution < 1.29 is 4.79 Å². The smallest absolute Gasteiger partial charge is 0.133 e. The van der Waals surface area contributed by atoms with E-state index in [1.165, 1.54) is 11.1 Å². The molecule has 0 fully saturated rings. The highest BCUT2D eigenvalue weighted by Crippen LogP contribution is 2.25. The molecule has 0 radical (unpaired) electrons. The minimum absolute atomic E-state index is 0.522. The first-order chi connectivity index (χ1) is 9.36. The normalized spacial score (nSPS) is 14.9. The Morgan fingerprint density at radius 3 is 2.79 bits per heavy atom. The van der Waals surface area contributed by atoms with Gasteiger partial charge in [-0.3, -0.25) is 4.90 Å². The number of rotatable bonds is 3. The Morgan fingerprint density at radius 2 is 2.00 bits per heavy atom. The molecule has 0 N–H and O–H groups in total. The molecule has 0 atom stereocenters. The lowest BCUT2D eigenvalue weighted by atomic mass is 9.95. The molecule has 4 nitrogen and oxygen atoms in total. The van der Waals surface area contributed by atoms with Crippen LogP contribution in [0.25, 0.3) is 11.1 Å². The number of nitrogens with zero attached hydrogens (tertiary/aromatic N) is 3. The summed E-state index contributed by atoms with van der Waals surface area (Å²) >= 11 is 0. The van der Waals surface area contributed by atoms with E-state index in [1.54, 1.807) is 6.33 Å². The van der Waals surface area contributed by atoms with Gasteiger partial charge in [0, 0.05) is 31.0 Å². The van der Waals surface area contributed by atoms with Gasteiger partial charge in [0.25, 0.3) is 0 Å². The second-order valence-corrected chi connectivity index (χ2v) is 4.76. The molecule has 4 heteroatoms. The maximum absolute atomic E-state index is 10.6. The minimum Gasteiger partial charge on any atom is -0.302 e. The van der Waals surface area contributed by atoms with Gasteiger partial charge in [-0.05, 0) is 23.1 Å². The first kappa shape index (κ1) is 12.0. The molecule has 0 aliphatic carbocycles. The highest BCUT2D eigenvalue weighted by Gasteiger charge is 2.16. The highest BCUT2D eigenvalue weighted by atomic mass is 16.1. The summed E-state index contributed by atoms with van der Waals surface area (Å²) in [6.07, 6.45) is 7.16. The van der Waals surface area contributed by atoms with Crippen LogP contribution in [-0.2, 0) is 17.8 Å². The summed E-state index contributed by atoms with van der Waals surface area (Å²) in [4.78, 5) is 20.8. The van der Waals surface area contributed by atoms with Crippen LogP contribution in [0.1, 0.15) is 11.1 Å². The fraction of sp³-hybridized carbons (Fsp3) is 0.267. The number of benzene rings is 1. The molecule has 96 valence electrons. The predicted molar refractivity (Wildman–Crippen MR) is 72.5 cm³/mol. The molecule has 0 amide bonds. The Bertz CT molecular complexity index is 583. The molecule has 1 aliphatic heterocycles. The maximum Gasteiger partial charge on any atom is 0.133 e. The summed E-state index contributed by atoms with van der Waals surface area (Å²) in [6, 6.07) is 6.46. The van der Waals surface area contributed by atoms with Gasteiger partial charge in [-0.2, -0.15) is 0 Å². The van der Waals surface area contributed by atoms with Crippen molar-refractivity contribution >= 4 is 6.29 Å². The third-order valence-electron chi connectivity index (χ3n) is 3.52. The SMILES string of the molecule is O=CCN1CCc2cc(-c3cncnc3)ccc2C1. The fourth-order valence-corrected chi connectivity index (χ4v) is 2.50. The van der Waals surface area contributed by atoms with Crippen molar-refractivity contribution in [1.29, 1.82) is 0 Å². The van der Waals surface area contributed by atoms with E-state index in [9.17, 15) is 4.79 Å². The van der Waals surface area contributed by atoms with Gasteiger partial charge in [0.05, 0.1) is 6.54 Å². The van der Waals surface area contributed by atoms with Crippen molar-refractivity contribution in [1.82, 2.24) is 14.9 Å². The van der Waals surface area contributed by atoms with E-state index in [0.717, 1.165) is 36.9 Å². The molecule has 19 heavy (non-hydrogen) atoms. The average molecular weight is 253 g/mol. The number of carbonyl (C=O) groups is 1. The quantitative estimate of drug-likeness (QED) is 0.781. The van der Waals surface area contributed by atoms with E-state index in [4.69, 9.17) is 0 Å². The Morgan fingerprint density at radius 1 is 1.16 bits per heavy atom. The van der Waals surface area contributed by atoms with Gasteiger partial charge < -0.3 is 4.79 Å². The van der Waals surface area contributed by atoms with Crippen molar-refractivity contribution in [3.63, 3.8) is 0 Å². The monoisotopic (exact) mass is 253 g/mol. The maximum atomic E-state index is 10.6. The standard InChI is InChI=1S/C15H15N3O/c19-6-5-18-4-3-13-7-12(1-2-14(13)10-18)15-8-16-11-17-9-15/h1-2,6-9,11H,3-5,10H2. The Hall–Kier alpha value is -2.07. The summed E-state index contributed by atoms with van der Waals surface area (Å²) in [6.45, 7) is 2.33. The molecular formula is C15H15N3O. The van der Waals surface area contributed by atoms with E-state index in [0.29, 0.717) is 6.54 Å². The van der Waals surface area contributed by atoms with Crippen LogP contribution in [0.5, 0.6) is 0 Å². The van der Waals surface area contributed by atoms with Crippen molar-refractivity contribution in [3.8, 4) is 11.1 Å². The van der Waals surface area contributed by atoms with Gasteiger partial charge in [0.15, 0.2) is 0 Å². The van der Waals surface area contributed by atoms with Gasteiger partial charge in [0.1, 0.15) is 12.6 Å². The third kappa shape index (κ3) is 2.53. The number of hydrogen-bond donors (Lipinski definition) is 0. The van der Waals surface area contributed by atoms with Crippen LogP contribution in [0.2, 0.25) is 0 Å². The molecule has 0 spiro atoms. The zero-order valence-corrected chi connectivity index (χ0v) is 10.6. The Labute approximate surface area is 112 Å². The van der Waals surface area contributed by atoms with Crippen molar-refractivity contribution in [3.05, 3.63) is 48.0 Å². The number of aldehydes is 1. The Kier molecular flexibility index (Phi) is 3.33. The van der Waals surface area contributed by atoms with Crippen LogP contribution in [0.15, 0.2) is 36.9 Å². The summed E-state index contributed by atoms with van der Waals surface area (Å²) in [5.74, 6) is 0.